The van der Waals surface area contributed by atoms with Crippen LogP contribution in [0.25, 0.3) is 6.08 Å². The lowest BCUT2D eigenvalue weighted by Gasteiger charge is -2.12. The summed E-state index contributed by atoms with van der Waals surface area (Å²) in [5.41, 5.74) is 2.58. The van der Waals surface area contributed by atoms with Crippen LogP contribution in [0.5, 0.6) is 0 Å². The highest BCUT2D eigenvalue weighted by molar-refractivity contribution is 5.49. The first-order valence-corrected chi connectivity index (χ1v) is 5.52. The Morgan fingerprint density at radius 1 is 1.60 bits per heavy atom. The predicted octanol–water partition coefficient (Wildman–Crippen LogP) is 2.07. The molecule has 3 heteroatoms. The van der Waals surface area contributed by atoms with E-state index in [2.05, 4.69) is 37.1 Å². The molecule has 1 aromatic heterocycles. The largest absolute Gasteiger partial charge is 0.334 e. The number of rotatable bonds is 5. The number of aromatic nitrogens is 2. The van der Waals surface area contributed by atoms with Crippen LogP contribution < -0.4 is 5.32 Å². The lowest BCUT2D eigenvalue weighted by atomic mass is 10.0. The van der Waals surface area contributed by atoms with E-state index in [1.165, 1.54) is 5.57 Å². The Hall–Kier alpha value is -1.09. The molecule has 0 spiro atoms. The summed E-state index contributed by atoms with van der Waals surface area (Å²) in [4.78, 5) is 4.11. The van der Waals surface area contributed by atoms with E-state index in [-0.39, 0.29) is 0 Å². The van der Waals surface area contributed by atoms with Crippen molar-refractivity contribution in [2.75, 3.05) is 13.1 Å². The summed E-state index contributed by atoms with van der Waals surface area (Å²) in [6.07, 6.45) is 5.95. The maximum Gasteiger partial charge on any atom is 0.0948 e. The highest BCUT2D eigenvalue weighted by Gasteiger charge is 2.04. The van der Waals surface area contributed by atoms with E-state index in [1.807, 2.05) is 24.1 Å². The third-order valence-corrected chi connectivity index (χ3v) is 2.51. The maximum absolute atomic E-state index is 4.11. The van der Waals surface area contributed by atoms with Gasteiger partial charge in [-0.3, -0.25) is 0 Å². The van der Waals surface area contributed by atoms with Crippen molar-refractivity contribution in [3.63, 3.8) is 0 Å². The number of hydrogen-bond acceptors (Lipinski definition) is 2. The first-order valence-electron chi connectivity index (χ1n) is 5.52. The molecule has 1 heterocycles. The van der Waals surface area contributed by atoms with E-state index < -0.39 is 0 Å². The number of likely N-dealkylation sites (N-methyl/N-ethyl adjacent to an activating group) is 1. The van der Waals surface area contributed by atoms with Crippen molar-refractivity contribution in [3.05, 3.63) is 23.8 Å². The molecular formula is C12H21N3. The highest BCUT2D eigenvalue weighted by atomic mass is 15.0. The molecule has 0 aromatic carbocycles. The molecule has 0 atom stereocenters. The van der Waals surface area contributed by atoms with Crippen LogP contribution in [0.15, 0.2) is 18.1 Å². The Bertz CT molecular complexity index is 323. The van der Waals surface area contributed by atoms with Crippen LogP contribution in [0.3, 0.4) is 0 Å². The average molecular weight is 207 g/mol. The van der Waals surface area contributed by atoms with Gasteiger partial charge in [0.25, 0.3) is 0 Å². The van der Waals surface area contributed by atoms with Crippen molar-refractivity contribution in [1.82, 2.24) is 14.9 Å². The van der Waals surface area contributed by atoms with E-state index in [1.54, 1.807) is 0 Å². The van der Waals surface area contributed by atoms with E-state index in [9.17, 15) is 0 Å². The van der Waals surface area contributed by atoms with Crippen molar-refractivity contribution in [1.29, 1.82) is 0 Å². The fraction of sp³-hybridized carbons (Fsp3) is 0.583. The quantitative estimate of drug-likeness (QED) is 0.801. The molecule has 0 aliphatic heterocycles. The SMILES string of the molecule is CCNCC(=Cc1cncn1C)C(C)C. The number of imidazole rings is 1. The summed E-state index contributed by atoms with van der Waals surface area (Å²) in [6.45, 7) is 8.54. The molecule has 0 amide bonds. The van der Waals surface area contributed by atoms with Crippen molar-refractivity contribution >= 4 is 6.08 Å². The number of nitrogens with zero attached hydrogens (tertiary/aromatic N) is 2. The zero-order valence-electron chi connectivity index (χ0n) is 10.1. The van der Waals surface area contributed by atoms with Gasteiger partial charge in [-0.15, -0.1) is 0 Å². The first kappa shape index (κ1) is 12.0. The van der Waals surface area contributed by atoms with Crippen LogP contribution in [0, 0.1) is 5.92 Å². The molecule has 0 bridgehead atoms. The number of aryl methyl sites for hydroxylation is 1. The second-order valence-corrected chi connectivity index (χ2v) is 4.08. The molecule has 84 valence electrons. The van der Waals surface area contributed by atoms with Gasteiger partial charge in [0.15, 0.2) is 0 Å². The fourth-order valence-corrected chi connectivity index (χ4v) is 1.39. The predicted molar refractivity (Wildman–Crippen MR) is 64.6 cm³/mol. The van der Waals surface area contributed by atoms with Crippen molar-refractivity contribution in [2.24, 2.45) is 13.0 Å². The van der Waals surface area contributed by atoms with Gasteiger partial charge >= 0.3 is 0 Å². The molecule has 3 nitrogen and oxygen atoms in total. The molecular weight excluding hydrogens is 186 g/mol. The van der Waals surface area contributed by atoms with E-state index in [4.69, 9.17) is 0 Å². The Morgan fingerprint density at radius 2 is 2.33 bits per heavy atom. The lowest BCUT2D eigenvalue weighted by molar-refractivity contribution is 0.681. The monoisotopic (exact) mass is 207 g/mol. The zero-order chi connectivity index (χ0) is 11.3. The molecule has 0 radical (unpaired) electrons. The normalized spacial score (nSPS) is 12.5. The minimum Gasteiger partial charge on any atom is -0.334 e. The Morgan fingerprint density at radius 3 is 2.80 bits per heavy atom. The van der Waals surface area contributed by atoms with E-state index >= 15 is 0 Å². The lowest BCUT2D eigenvalue weighted by Crippen LogP contribution is -2.18. The summed E-state index contributed by atoms with van der Waals surface area (Å²) >= 11 is 0. The van der Waals surface area contributed by atoms with Crippen LogP contribution in [-0.4, -0.2) is 22.6 Å². The fourth-order valence-electron chi connectivity index (χ4n) is 1.39. The average Bonchev–Trinajstić information content (AvgIpc) is 2.58. The molecule has 0 saturated heterocycles. The topological polar surface area (TPSA) is 29.9 Å². The maximum atomic E-state index is 4.11. The van der Waals surface area contributed by atoms with Crippen LogP contribution in [0.2, 0.25) is 0 Å². The Balaban J connectivity index is 2.79. The standard InChI is InChI=1S/C12H21N3/c1-5-13-7-11(10(2)3)6-12-8-14-9-15(12)4/h6,8-10,13H,5,7H2,1-4H3. The molecule has 1 aromatic rings. The third kappa shape index (κ3) is 3.51. The second-order valence-electron chi connectivity index (χ2n) is 4.08. The zero-order valence-corrected chi connectivity index (χ0v) is 10.1. The van der Waals surface area contributed by atoms with Crippen LogP contribution in [0.1, 0.15) is 26.5 Å². The Labute approximate surface area is 92.2 Å². The molecule has 0 saturated carbocycles. The van der Waals surface area contributed by atoms with Gasteiger partial charge < -0.3 is 9.88 Å². The second kappa shape index (κ2) is 5.71. The number of hydrogen-bond donors (Lipinski definition) is 1. The molecule has 0 unspecified atom stereocenters. The van der Waals surface area contributed by atoms with Crippen LogP contribution in [0.4, 0.5) is 0 Å². The highest BCUT2D eigenvalue weighted by Crippen LogP contribution is 2.13. The summed E-state index contributed by atoms with van der Waals surface area (Å²) < 4.78 is 2.04. The van der Waals surface area contributed by atoms with Gasteiger partial charge in [-0.1, -0.05) is 26.3 Å². The van der Waals surface area contributed by atoms with Crippen molar-refractivity contribution in [3.8, 4) is 0 Å². The minimum absolute atomic E-state index is 0.568. The van der Waals surface area contributed by atoms with Gasteiger partial charge in [-0.05, 0) is 18.5 Å². The molecule has 0 aliphatic carbocycles. The van der Waals surface area contributed by atoms with E-state index in [0.29, 0.717) is 5.92 Å². The van der Waals surface area contributed by atoms with E-state index in [0.717, 1.165) is 18.8 Å². The third-order valence-electron chi connectivity index (χ3n) is 2.51. The summed E-state index contributed by atoms with van der Waals surface area (Å²) in [7, 11) is 2.02. The smallest absolute Gasteiger partial charge is 0.0948 e. The minimum atomic E-state index is 0.568. The number of nitrogens with one attached hydrogen (secondary N) is 1. The van der Waals surface area contributed by atoms with Gasteiger partial charge in [0.2, 0.25) is 0 Å². The summed E-state index contributed by atoms with van der Waals surface area (Å²) in [5.74, 6) is 0.568. The van der Waals surface area contributed by atoms with Gasteiger partial charge in [-0.25, -0.2) is 4.98 Å². The first-order chi connectivity index (χ1) is 7.15. The van der Waals surface area contributed by atoms with Gasteiger partial charge in [0.05, 0.1) is 18.2 Å². The van der Waals surface area contributed by atoms with Crippen molar-refractivity contribution in [2.45, 2.75) is 20.8 Å². The van der Waals surface area contributed by atoms with Crippen molar-refractivity contribution < 1.29 is 0 Å². The van der Waals surface area contributed by atoms with Gasteiger partial charge in [0, 0.05) is 13.6 Å². The summed E-state index contributed by atoms with van der Waals surface area (Å²) in [5, 5.41) is 3.36. The molecule has 1 rings (SSSR count). The van der Waals surface area contributed by atoms with Gasteiger partial charge in [-0.2, -0.15) is 0 Å². The molecule has 15 heavy (non-hydrogen) atoms. The summed E-state index contributed by atoms with van der Waals surface area (Å²) in [6, 6.07) is 0. The van der Waals surface area contributed by atoms with Crippen LogP contribution >= 0.6 is 0 Å². The van der Waals surface area contributed by atoms with Crippen LogP contribution in [-0.2, 0) is 7.05 Å². The molecule has 0 fully saturated rings. The Kier molecular flexibility index (Phi) is 4.56. The molecule has 1 N–H and O–H groups in total. The van der Waals surface area contributed by atoms with Gasteiger partial charge in [0.1, 0.15) is 0 Å². The molecule has 0 aliphatic rings.